The van der Waals surface area contributed by atoms with E-state index in [4.69, 9.17) is 11.6 Å². The van der Waals surface area contributed by atoms with Crippen molar-refractivity contribution >= 4 is 41.2 Å². The first-order valence-corrected chi connectivity index (χ1v) is 14.7. The van der Waals surface area contributed by atoms with E-state index in [0.717, 1.165) is 34.0 Å². The first-order valence-electron chi connectivity index (χ1n) is 14.3. The van der Waals surface area contributed by atoms with Gasteiger partial charge in [-0.05, 0) is 129 Å². The highest BCUT2D eigenvalue weighted by Crippen LogP contribution is 2.60. The van der Waals surface area contributed by atoms with E-state index in [0.29, 0.717) is 16.9 Å². The van der Waals surface area contributed by atoms with Gasteiger partial charge >= 0.3 is 6.03 Å². The second kappa shape index (κ2) is 9.41. The summed E-state index contributed by atoms with van der Waals surface area (Å²) in [7, 11) is 0. The summed E-state index contributed by atoms with van der Waals surface area (Å²) in [5.41, 5.74) is 4.65. The fourth-order valence-electron chi connectivity index (χ4n) is 8.43. The van der Waals surface area contributed by atoms with Crippen LogP contribution < -0.4 is 10.2 Å². The fourth-order valence-corrected chi connectivity index (χ4v) is 8.61. The Labute approximate surface area is 243 Å². The Bertz CT molecular complexity index is 1620. The monoisotopic (exact) mass is 571 g/mol. The number of nitrogens with one attached hydrogen (secondary N) is 1. The third-order valence-electron chi connectivity index (χ3n) is 9.81. The molecule has 5 fully saturated rings. The van der Waals surface area contributed by atoms with Crippen LogP contribution in [0.4, 0.5) is 14.9 Å². The van der Waals surface area contributed by atoms with Crippen LogP contribution in [0.15, 0.2) is 54.1 Å². The van der Waals surface area contributed by atoms with Gasteiger partial charge in [-0.25, -0.2) is 14.1 Å². The topological polar surface area (TPSA) is 71.4 Å². The van der Waals surface area contributed by atoms with E-state index in [2.05, 4.69) is 17.4 Å². The van der Waals surface area contributed by atoms with E-state index >= 15 is 0 Å². The number of rotatable bonds is 4. The van der Waals surface area contributed by atoms with Crippen LogP contribution in [-0.4, -0.2) is 22.4 Å². The molecule has 3 aromatic rings. The van der Waals surface area contributed by atoms with Crippen molar-refractivity contribution in [3.63, 3.8) is 0 Å². The zero-order chi connectivity index (χ0) is 28.6. The van der Waals surface area contributed by atoms with Crippen LogP contribution in [0.5, 0.6) is 0 Å². The molecule has 2 aromatic carbocycles. The number of carbonyl (C=O) groups is 3. The number of amides is 4. The second-order valence-corrected chi connectivity index (χ2v) is 12.9. The number of carbonyl (C=O) groups excluding carboxylic acids is 3. The molecule has 1 N–H and O–H groups in total. The van der Waals surface area contributed by atoms with E-state index in [9.17, 15) is 18.8 Å². The third kappa shape index (κ3) is 4.24. The number of barbiturate groups is 1. The lowest BCUT2D eigenvalue weighted by Crippen LogP contribution is -2.54. The number of halogens is 2. The molecule has 1 aliphatic heterocycles. The Morgan fingerprint density at radius 3 is 2.12 bits per heavy atom. The minimum Gasteiger partial charge on any atom is -0.318 e. The normalized spacial score (nSPS) is 28.1. The molecule has 41 heavy (non-hydrogen) atoms. The lowest BCUT2D eigenvalue weighted by molar-refractivity contribution is -0.122. The largest absolute Gasteiger partial charge is 0.335 e. The molecule has 8 heteroatoms. The Morgan fingerprint density at radius 2 is 1.51 bits per heavy atom. The number of urea groups is 1. The van der Waals surface area contributed by atoms with Gasteiger partial charge in [-0.2, -0.15) is 0 Å². The van der Waals surface area contributed by atoms with Gasteiger partial charge in [-0.1, -0.05) is 23.7 Å². The van der Waals surface area contributed by atoms with Crippen molar-refractivity contribution in [2.45, 2.75) is 57.8 Å². The summed E-state index contributed by atoms with van der Waals surface area (Å²) in [6, 6.07) is 13.3. The van der Waals surface area contributed by atoms with E-state index < -0.39 is 23.7 Å². The summed E-state index contributed by atoms with van der Waals surface area (Å²) in [5, 5.41) is 2.33. The van der Waals surface area contributed by atoms with Crippen molar-refractivity contribution in [1.29, 1.82) is 0 Å². The van der Waals surface area contributed by atoms with Gasteiger partial charge in [0.2, 0.25) is 0 Å². The second-order valence-electron chi connectivity index (χ2n) is 12.5. The van der Waals surface area contributed by atoms with E-state index in [1.54, 1.807) is 6.07 Å². The zero-order valence-electron chi connectivity index (χ0n) is 23.0. The van der Waals surface area contributed by atoms with Crippen LogP contribution in [0.25, 0.3) is 11.8 Å². The summed E-state index contributed by atoms with van der Waals surface area (Å²) in [5.74, 6) is 0.524. The van der Waals surface area contributed by atoms with Gasteiger partial charge in [0.1, 0.15) is 11.4 Å². The molecule has 4 saturated carbocycles. The summed E-state index contributed by atoms with van der Waals surface area (Å²) >= 11 is 6.01. The van der Waals surface area contributed by atoms with Crippen molar-refractivity contribution in [3.8, 4) is 5.69 Å². The highest BCUT2D eigenvalue weighted by molar-refractivity contribution is 6.39. The highest BCUT2D eigenvalue weighted by atomic mass is 35.5. The Morgan fingerprint density at radius 1 is 0.902 bits per heavy atom. The van der Waals surface area contributed by atoms with Gasteiger partial charge in [-0.3, -0.25) is 14.9 Å². The molecular weight excluding hydrogens is 541 g/mol. The van der Waals surface area contributed by atoms with Crippen LogP contribution in [-0.2, 0) is 15.0 Å². The molecule has 6 nitrogen and oxygen atoms in total. The summed E-state index contributed by atoms with van der Waals surface area (Å²) in [6.45, 7) is 3.71. The van der Waals surface area contributed by atoms with Crippen molar-refractivity contribution in [2.75, 3.05) is 4.90 Å². The molecule has 210 valence electrons. The van der Waals surface area contributed by atoms with E-state index in [1.165, 1.54) is 62.3 Å². The molecular formula is C33H31ClFN3O3. The molecule has 0 atom stereocenters. The predicted molar refractivity (Wildman–Crippen MR) is 156 cm³/mol. The Kier molecular flexibility index (Phi) is 6.02. The number of aryl methyl sites for hydroxylation is 1. The molecule has 4 aliphatic carbocycles. The van der Waals surface area contributed by atoms with E-state index in [1.807, 2.05) is 36.6 Å². The Balaban J connectivity index is 1.19. The van der Waals surface area contributed by atoms with Gasteiger partial charge < -0.3 is 4.57 Å². The first kappa shape index (κ1) is 26.2. The lowest BCUT2D eigenvalue weighted by Gasteiger charge is -2.57. The maximum Gasteiger partial charge on any atom is 0.335 e. The van der Waals surface area contributed by atoms with Crippen molar-refractivity contribution < 1.29 is 18.8 Å². The molecule has 4 bridgehead atoms. The molecule has 1 aromatic heterocycles. The number of imide groups is 2. The summed E-state index contributed by atoms with van der Waals surface area (Å²) in [6.07, 6.45) is 9.28. The van der Waals surface area contributed by atoms with Crippen LogP contribution in [0.3, 0.4) is 0 Å². The molecule has 2 heterocycles. The van der Waals surface area contributed by atoms with Gasteiger partial charge in [0, 0.05) is 17.1 Å². The highest BCUT2D eigenvalue weighted by Gasteiger charge is 2.51. The summed E-state index contributed by atoms with van der Waals surface area (Å²) in [4.78, 5) is 40.4. The minimum atomic E-state index is -0.758. The number of anilines is 1. The number of hydrogen-bond acceptors (Lipinski definition) is 3. The quantitative estimate of drug-likeness (QED) is 0.270. The molecule has 8 rings (SSSR count). The molecule has 0 radical (unpaired) electrons. The molecule has 0 spiro atoms. The molecule has 1 saturated heterocycles. The maximum absolute atomic E-state index is 13.7. The Hall–Kier alpha value is -3.71. The molecule has 0 unspecified atom stereocenters. The number of nitrogens with zero attached hydrogens (tertiary/aromatic N) is 2. The SMILES string of the molecule is Cc1cc(/C=C2\C(=O)NC(=O)N(c3ccc(C45CC6CC(CC(C6)C4)C5)cc3)C2=O)c(C)n1-c1ccc(F)c(Cl)c1. The van der Waals surface area contributed by atoms with Gasteiger partial charge in [0.15, 0.2) is 0 Å². The minimum absolute atomic E-state index is 0.0000979. The van der Waals surface area contributed by atoms with Crippen molar-refractivity contribution in [3.05, 3.63) is 87.5 Å². The number of hydrogen-bond donors (Lipinski definition) is 1. The van der Waals surface area contributed by atoms with Crippen LogP contribution in [0, 0.1) is 37.4 Å². The first-order chi connectivity index (χ1) is 19.6. The number of aromatic nitrogens is 1. The standard InChI is InChI=1S/C33H31ClFN3O3/c1-18-9-23(19(2)37(18)26-7-8-29(35)28(34)14-26)13-27-30(39)36-32(41)38(31(27)40)25-5-3-24(4-6-25)33-15-20-10-21(16-33)12-22(11-20)17-33/h3-9,13-14,20-22H,10-12,15-17H2,1-2H3,(H,36,39,41)/b27-13+. The van der Waals surface area contributed by atoms with Gasteiger partial charge in [-0.15, -0.1) is 0 Å². The predicted octanol–water partition coefficient (Wildman–Crippen LogP) is 7.02. The average molecular weight is 572 g/mol. The number of benzene rings is 2. The van der Waals surface area contributed by atoms with Crippen LogP contribution in [0.2, 0.25) is 5.02 Å². The molecule has 4 amide bonds. The maximum atomic E-state index is 13.7. The van der Waals surface area contributed by atoms with Crippen LogP contribution >= 0.6 is 11.6 Å². The smallest absolute Gasteiger partial charge is 0.318 e. The fraction of sp³-hybridized carbons (Fsp3) is 0.364. The van der Waals surface area contributed by atoms with Crippen molar-refractivity contribution in [2.24, 2.45) is 17.8 Å². The summed E-state index contributed by atoms with van der Waals surface area (Å²) < 4.78 is 15.6. The van der Waals surface area contributed by atoms with E-state index in [-0.39, 0.29) is 16.0 Å². The molecule has 5 aliphatic rings. The lowest BCUT2D eigenvalue weighted by atomic mass is 9.48. The van der Waals surface area contributed by atoms with Gasteiger partial charge in [0.05, 0.1) is 10.7 Å². The van der Waals surface area contributed by atoms with Crippen molar-refractivity contribution in [1.82, 2.24) is 9.88 Å². The zero-order valence-corrected chi connectivity index (χ0v) is 23.8. The average Bonchev–Trinajstić information content (AvgIpc) is 3.20. The third-order valence-corrected chi connectivity index (χ3v) is 10.1. The van der Waals surface area contributed by atoms with Gasteiger partial charge in [0.25, 0.3) is 11.8 Å². The van der Waals surface area contributed by atoms with Crippen LogP contribution in [0.1, 0.15) is 61.0 Å².